The monoisotopic (exact) mass is 284 g/mol. The molecule has 4 rings (SSSR count). The van der Waals surface area contributed by atoms with Crippen molar-refractivity contribution in [3.8, 4) is 11.1 Å². The molecule has 0 radical (unpaired) electrons. The summed E-state index contributed by atoms with van der Waals surface area (Å²) in [5.74, 6) is 0.814. The molecular weight excluding hydrogens is 272 g/mol. The Labute approximate surface area is 110 Å². The van der Waals surface area contributed by atoms with Gasteiger partial charge in [0, 0.05) is 4.47 Å². The molecule has 1 saturated carbocycles. The van der Waals surface area contributed by atoms with Gasteiger partial charge in [-0.1, -0.05) is 46.3 Å². The Balaban J connectivity index is 1.98. The Morgan fingerprint density at radius 3 is 2.59 bits per heavy atom. The molecule has 0 bridgehead atoms. The Bertz CT molecular complexity index is 609. The number of fused-ring (bicyclic) bond motifs is 3. The van der Waals surface area contributed by atoms with Gasteiger partial charge in [0.25, 0.3) is 0 Å². The summed E-state index contributed by atoms with van der Waals surface area (Å²) in [5.41, 5.74) is 7.55. The van der Waals surface area contributed by atoms with Crippen LogP contribution in [0.5, 0.6) is 0 Å². The molecule has 1 fully saturated rings. The Morgan fingerprint density at radius 1 is 0.941 bits per heavy atom. The second-order valence-electron chi connectivity index (χ2n) is 5.10. The first-order valence-electron chi connectivity index (χ1n) is 6.24. The van der Waals surface area contributed by atoms with Crippen LogP contribution in [0.15, 0.2) is 40.9 Å². The van der Waals surface area contributed by atoms with Gasteiger partial charge in [0.1, 0.15) is 0 Å². The maximum atomic E-state index is 3.74. The van der Waals surface area contributed by atoms with Gasteiger partial charge >= 0.3 is 0 Å². The highest BCUT2D eigenvalue weighted by molar-refractivity contribution is 9.10. The van der Waals surface area contributed by atoms with Gasteiger partial charge in [-0.3, -0.25) is 0 Å². The quantitative estimate of drug-likeness (QED) is 0.596. The predicted molar refractivity (Wildman–Crippen MR) is 74.4 cm³/mol. The number of halogens is 1. The van der Waals surface area contributed by atoms with E-state index >= 15 is 0 Å². The summed E-state index contributed by atoms with van der Waals surface area (Å²) >= 11 is 3.74. The van der Waals surface area contributed by atoms with Gasteiger partial charge < -0.3 is 0 Å². The SMILES string of the molecule is Brc1ccc2c(c1C1CC1)Cc1ccccc1-2. The van der Waals surface area contributed by atoms with Gasteiger partial charge in [0.05, 0.1) is 0 Å². The Morgan fingerprint density at radius 2 is 1.76 bits per heavy atom. The van der Waals surface area contributed by atoms with Crippen LogP contribution >= 0.6 is 15.9 Å². The van der Waals surface area contributed by atoms with E-state index in [9.17, 15) is 0 Å². The number of hydrogen-bond donors (Lipinski definition) is 0. The highest BCUT2D eigenvalue weighted by Crippen LogP contribution is 2.50. The van der Waals surface area contributed by atoms with Gasteiger partial charge in [0.15, 0.2) is 0 Å². The molecular formula is C16H13Br. The third-order valence-corrected chi connectivity index (χ3v) is 4.66. The van der Waals surface area contributed by atoms with E-state index in [1.165, 1.54) is 34.0 Å². The van der Waals surface area contributed by atoms with Crippen molar-refractivity contribution in [2.45, 2.75) is 25.2 Å². The van der Waals surface area contributed by atoms with E-state index < -0.39 is 0 Å². The van der Waals surface area contributed by atoms with E-state index in [-0.39, 0.29) is 0 Å². The molecule has 0 aromatic heterocycles. The van der Waals surface area contributed by atoms with Crippen LogP contribution in [0.25, 0.3) is 11.1 Å². The summed E-state index contributed by atoms with van der Waals surface area (Å²) < 4.78 is 1.31. The molecule has 0 amide bonds. The zero-order chi connectivity index (χ0) is 11.4. The van der Waals surface area contributed by atoms with Crippen LogP contribution in [-0.4, -0.2) is 0 Å². The van der Waals surface area contributed by atoms with Crippen molar-refractivity contribution < 1.29 is 0 Å². The van der Waals surface area contributed by atoms with Crippen LogP contribution in [0, 0.1) is 0 Å². The third kappa shape index (κ3) is 1.42. The lowest BCUT2D eigenvalue weighted by Gasteiger charge is -2.10. The van der Waals surface area contributed by atoms with E-state index in [0.717, 1.165) is 12.3 Å². The fourth-order valence-electron chi connectivity index (χ4n) is 3.02. The van der Waals surface area contributed by atoms with E-state index in [4.69, 9.17) is 0 Å². The zero-order valence-electron chi connectivity index (χ0n) is 9.54. The molecule has 0 heterocycles. The van der Waals surface area contributed by atoms with Crippen LogP contribution in [0.4, 0.5) is 0 Å². The fraction of sp³-hybridized carbons (Fsp3) is 0.250. The van der Waals surface area contributed by atoms with Gasteiger partial charge in [-0.25, -0.2) is 0 Å². The van der Waals surface area contributed by atoms with Crippen LogP contribution in [0.3, 0.4) is 0 Å². The molecule has 0 N–H and O–H groups in total. The third-order valence-electron chi connectivity index (χ3n) is 3.96. The molecule has 0 aliphatic heterocycles. The lowest BCUT2D eigenvalue weighted by Crippen LogP contribution is -1.92. The molecule has 17 heavy (non-hydrogen) atoms. The fourth-order valence-corrected chi connectivity index (χ4v) is 3.72. The van der Waals surface area contributed by atoms with Crippen LogP contribution in [0.1, 0.15) is 35.4 Å². The van der Waals surface area contributed by atoms with Crippen molar-refractivity contribution in [2.75, 3.05) is 0 Å². The summed E-state index contributed by atoms with van der Waals surface area (Å²) in [4.78, 5) is 0. The lowest BCUT2D eigenvalue weighted by atomic mass is 9.98. The number of rotatable bonds is 1. The minimum atomic E-state index is 0.814. The van der Waals surface area contributed by atoms with Crippen molar-refractivity contribution in [3.63, 3.8) is 0 Å². The van der Waals surface area contributed by atoms with Crippen molar-refractivity contribution >= 4 is 15.9 Å². The molecule has 0 spiro atoms. The standard InChI is InChI=1S/C16H13Br/c17-15-8-7-13-12-4-2-1-3-11(12)9-14(13)16(15)10-5-6-10/h1-4,7-8,10H,5-6,9H2. The highest BCUT2D eigenvalue weighted by atomic mass is 79.9. The zero-order valence-corrected chi connectivity index (χ0v) is 11.1. The maximum Gasteiger partial charge on any atom is 0.0213 e. The second kappa shape index (κ2) is 3.46. The second-order valence-corrected chi connectivity index (χ2v) is 5.95. The summed E-state index contributed by atoms with van der Waals surface area (Å²) in [6.07, 6.45) is 3.85. The van der Waals surface area contributed by atoms with Crippen LogP contribution in [-0.2, 0) is 6.42 Å². The van der Waals surface area contributed by atoms with E-state index in [1.54, 1.807) is 11.1 Å². The summed E-state index contributed by atoms with van der Waals surface area (Å²) in [6.45, 7) is 0. The molecule has 2 aliphatic carbocycles. The molecule has 2 aromatic rings. The Hall–Kier alpha value is -1.08. The largest absolute Gasteiger partial charge is 0.0619 e. The summed E-state index contributed by atoms with van der Waals surface area (Å²) in [5, 5.41) is 0. The average molecular weight is 285 g/mol. The molecule has 2 aromatic carbocycles. The molecule has 0 saturated heterocycles. The molecule has 1 heteroatoms. The van der Waals surface area contributed by atoms with E-state index in [0.29, 0.717) is 0 Å². The molecule has 84 valence electrons. The predicted octanol–water partition coefficient (Wildman–Crippen LogP) is 4.90. The average Bonchev–Trinajstić information content (AvgIpc) is 3.09. The molecule has 0 unspecified atom stereocenters. The first kappa shape index (κ1) is 9.90. The Kier molecular flexibility index (Phi) is 2.01. The first-order chi connectivity index (χ1) is 8.34. The van der Waals surface area contributed by atoms with Crippen molar-refractivity contribution in [2.24, 2.45) is 0 Å². The first-order valence-corrected chi connectivity index (χ1v) is 7.03. The number of benzene rings is 2. The van der Waals surface area contributed by atoms with Crippen LogP contribution in [0.2, 0.25) is 0 Å². The van der Waals surface area contributed by atoms with Gasteiger partial charge in [0.2, 0.25) is 0 Å². The highest BCUT2D eigenvalue weighted by Gasteiger charge is 2.31. The van der Waals surface area contributed by atoms with Crippen molar-refractivity contribution in [3.05, 3.63) is 57.6 Å². The molecule has 2 aliphatic rings. The maximum absolute atomic E-state index is 3.74. The minimum Gasteiger partial charge on any atom is -0.0619 e. The number of hydrogen-bond acceptors (Lipinski definition) is 0. The lowest BCUT2D eigenvalue weighted by molar-refractivity contribution is 1.06. The van der Waals surface area contributed by atoms with Gasteiger partial charge in [-0.15, -0.1) is 0 Å². The minimum absolute atomic E-state index is 0.814. The van der Waals surface area contributed by atoms with Gasteiger partial charge in [-0.2, -0.15) is 0 Å². The molecule has 0 nitrogen and oxygen atoms in total. The van der Waals surface area contributed by atoms with Crippen molar-refractivity contribution in [1.82, 2.24) is 0 Å². The van der Waals surface area contributed by atoms with Gasteiger partial charge in [-0.05, 0) is 59.1 Å². The summed E-state index contributed by atoms with van der Waals surface area (Å²) in [7, 11) is 0. The summed E-state index contributed by atoms with van der Waals surface area (Å²) in [6, 6.07) is 13.3. The normalized spacial score (nSPS) is 16.8. The molecule has 0 atom stereocenters. The van der Waals surface area contributed by atoms with Crippen molar-refractivity contribution in [1.29, 1.82) is 0 Å². The van der Waals surface area contributed by atoms with E-state index in [1.807, 2.05) is 0 Å². The smallest absolute Gasteiger partial charge is 0.0213 e. The topological polar surface area (TPSA) is 0 Å². The van der Waals surface area contributed by atoms with Crippen LogP contribution < -0.4 is 0 Å². The van der Waals surface area contributed by atoms with E-state index in [2.05, 4.69) is 52.3 Å².